The first kappa shape index (κ1) is 19.5. The fraction of sp³-hybridized carbons (Fsp3) is 0.400. The number of fused-ring (bicyclic) bond motifs is 1. The van der Waals surface area contributed by atoms with Gasteiger partial charge in [0.15, 0.2) is 0 Å². The molecule has 0 spiro atoms. The van der Waals surface area contributed by atoms with Crippen molar-refractivity contribution in [2.45, 2.75) is 20.4 Å². The minimum Gasteiger partial charge on any atom is -0.459 e. The molecular weight excluding hydrogens is 364 g/mol. The van der Waals surface area contributed by atoms with Crippen LogP contribution in [0.4, 0.5) is 0 Å². The topological polar surface area (TPSA) is 129 Å². The van der Waals surface area contributed by atoms with Crippen LogP contribution < -0.4 is 16.4 Å². The van der Waals surface area contributed by atoms with E-state index in [1.165, 1.54) is 20.4 Å². The zero-order valence-electron chi connectivity index (χ0n) is 14.5. The first-order chi connectivity index (χ1) is 12.3. The van der Waals surface area contributed by atoms with Crippen LogP contribution in [-0.2, 0) is 25.6 Å². The van der Waals surface area contributed by atoms with Gasteiger partial charge in [0, 0.05) is 14.0 Å². The van der Waals surface area contributed by atoms with Gasteiger partial charge in [-0.3, -0.25) is 29.8 Å². The van der Waals surface area contributed by atoms with Gasteiger partial charge in [0.2, 0.25) is 5.91 Å². The predicted octanol–water partition coefficient (Wildman–Crippen LogP) is -0.263. The van der Waals surface area contributed by atoms with Gasteiger partial charge in [-0.1, -0.05) is 0 Å². The summed E-state index contributed by atoms with van der Waals surface area (Å²) in [7, 11) is 1.49. The summed E-state index contributed by atoms with van der Waals surface area (Å²) in [4.78, 5) is 52.1. The number of ether oxygens (including phenoxy) is 2. The van der Waals surface area contributed by atoms with Gasteiger partial charge in [-0.05, 0) is 12.5 Å². The number of nitrogens with zero attached hydrogens (tertiary/aromatic N) is 2. The molecule has 2 N–H and O–H groups in total. The molecule has 140 valence electrons. The zero-order chi connectivity index (χ0) is 19.3. The summed E-state index contributed by atoms with van der Waals surface area (Å²) < 4.78 is 11.0. The highest BCUT2D eigenvalue weighted by Gasteiger charge is 2.21. The smallest absolute Gasteiger partial charge is 0.348 e. The van der Waals surface area contributed by atoms with Crippen LogP contribution in [0.15, 0.2) is 11.1 Å². The fourth-order valence-corrected chi connectivity index (χ4v) is 3.13. The Balaban J connectivity index is 2.26. The third-order valence-corrected chi connectivity index (χ3v) is 4.50. The lowest BCUT2D eigenvalue weighted by Gasteiger charge is -2.07. The second-order valence-electron chi connectivity index (χ2n) is 5.27. The third kappa shape index (κ3) is 4.43. The highest BCUT2D eigenvalue weighted by molar-refractivity contribution is 7.20. The van der Waals surface area contributed by atoms with E-state index in [4.69, 9.17) is 9.47 Å². The highest BCUT2D eigenvalue weighted by Crippen LogP contribution is 2.27. The second-order valence-corrected chi connectivity index (χ2v) is 6.27. The van der Waals surface area contributed by atoms with Crippen molar-refractivity contribution in [2.24, 2.45) is 0 Å². The van der Waals surface area contributed by atoms with Crippen molar-refractivity contribution in [1.29, 1.82) is 0 Å². The number of esters is 1. The molecule has 0 aromatic carbocycles. The van der Waals surface area contributed by atoms with Crippen LogP contribution >= 0.6 is 11.3 Å². The maximum absolute atomic E-state index is 12.6. The molecule has 0 saturated heterocycles. The molecule has 26 heavy (non-hydrogen) atoms. The monoisotopic (exact) mass is 382 g/mol. The molecular formula is C15H18N4O6S. The summed E-state index contributed by atoms with van der Waals surface area (Å²) in [5.41, 5.74) is 4.28. The van der Waals surface area contributed by atoms with Crippen molar-refractivity contribution in [3.63, 3.8) is 0 Å². The summed E-state index contributed by atoms with van der Waals surface area (Å²) in [6.07, 6.45) is 1.22. The molecule has 10 nitrogen and oxygen atoms in total. The van der Waals surface area contributed by atoms with Gasteiger partial charge in [0.05, 0.1) is 18.3 Å². The molecule has 0 aliphatic rings. The van der Waals surface area contributed by atoms with Crippen LogP contribution in [0.2, 0.25) is 0 Å². The maximum Gasteiger partial charge on any atom is 0.348 e. The van der Waals surface area contributed by atoms with E-state index in [2.05, 4.69) is 15.8 Å². The normalized spacial score (nSPS) is 10.6. The van der Waals surface area contributed by atoms with Gasteiger partial charge < -0.3 is 9.47 Å². The molecule has 0 aliphatic carbocycles. The number of aryl methyl sites for hydroxylation is 1. The van der Waals surface area contributed by atoms with Crippen LogP contribution in [-0.4, -0.2) is 47.7 Å². The number of thiophene rings is 1. The third-order valence-electron chi connectivity index (χ3n) is 3.32. The van der Waals surface area contributed by atoms with E-state index < -0.39 is 23.3 Å². The quantitative estimate of drug-likeness (QED) is 0.400. The standard InChI is InChI=1S/C15H18N4O6S/c1-8-11-13(26-12(8)15(23)25-5-4-24-3)16-7-19(14(11)22)6-10(21)18-17-9(2)20/h7H,4-6H2,1-3H3,(H,17,20)(H,18,21). The predicted molar refractivity (Wildman–Crippen MR) is 92.7 cm³/mol. The first-order valence-corrected chi connectivity index (χ1v) is 8.36. The average molecular weight is 382 g/mol. The van der Waals surface area contributed by atoms with Crippen molar-refractivity contribution in [3.8, 4) is 0 Å². The van der Waals surface area contributed by atoms with Crippen LogP contribution in [0.5, 0.6) is 0 Å². The number of hydrogen-bond donors (Lipinski definition) is 2. The van der Waals surface area contributed by atoms with E-state index >= 15 is 0 Å². The fourth-order valence-electron chi connectivity index (χ4n) is 2.10. The van der Waals surface area contributed by atoms with E-state index in [0.29, 0.717) is 10.4 Å². The molecule has 2 aromatic rings. The molecule has 2 aromatic heterocycles. The van der Waals surface area contributed by atoms with Gasteiger partial charge in [0.25, 0.3) is 11.5 Å². The number of hydrogen-bond acceptors (Lipinski definition) is 8. The number of hydrazine groups is 1. The van der Waals surface area contributed by atoms with Gasteiger partial charge in [0.1, 0.15) is 22.9 Å². The van der Waals surface area contributed by atoms with E-state index in [1.807, 2.05) is 0 Å². The lowest BCUT2D eigenvalue weighted by molar-refractivity contribution is -0.128. The van der Waals surface area contributed by atoms with Crippen LogP contribution in [0, 0.1) is 6.92 Å². The molecule has 2 rings (SSSR count). The SMILES string of the molecule is COCCOC(=O)c1sc2ncn(CC(=O)NNC(C)=O)c(=O)c2c1C. The van der Waals surface area contributed by atoms with Gasteiger partial charge in [-0.15, -0.1) is 11.3 Å². The Hall–Kier alpha value is -2.79. The van der Waals surface area contributed by atoms with E-state index in [9.17, 15) is 19.2 Å². The Morgan fingerprint density at radius 1 is 1.27 bits per heavy atom. The Morgan fingerprint density at radius 2 is 2.00 bits per heavy atom. The lowest BCUT2D eigenvalue weighted by Crippen LogP contribution is -2.43. The van der Waals surface area contributed by atoms with Crippen LogP contribution in [0.1, 0.15) is 22.2 Å². The summed E-state index contributed by atoms with van der Waals surface area (Å²) in [5, 5.41) is 0.253. The molecule has 0 fully saturated rings. The molecule has 0 bridgehead atoms. The molecule has 0 saturated carbocycles. The second kappa shape index (κ2) is 8.54. The van der Waals surface area contributed by atoms with Crippen molar-refractivity contribution in [1.82, 2.24) is 20.4 Å². The van der Waals surface area contributed by atoms with Crippen LogP contribution in [0.3, 0.4) is 0 Å². The Labute approximate surface area is 152 Å². The molecule has 2 heterocycles. The number of rotatable bonds is 6. The van der Waals surface area contributed by atoms with Crippen molar-refractivity contribution < 1.29 is 23.9 Å². The van der Waals surface area contributed by atoms with Crippen LogP contribution in [0.25, 0.3) is 10.2 Å². The number of carbonyl (C=O) groups is 3. The number of aromatic nitrogens is 2. The van der Waals surface area contributed by atoms with Crippen molar-refractivity contribution in [3.05, 3.63) is 27.1 Å². The summed E-state index contributed by atoms with van der Waals surface area (Å²) in [6.45, 7) is 2.90. The number of carbonyl (C=O) groups excluding carboxylic acids is 3. The Morgan fingerprint density at radius 3 is 2.65 bits per heavy atom. The van der Waals surface area contributed by atoms with Gasteiger partial charge in [-0.2, -0.15) is 0 Å². The van der Waals surface area contributed by atoms with E-state index in [0.717, 1.165) is 15.9 Å². The molecule has 0 unspecified atom stereocenters. The summed E-state index contributed by atoms with van der Waals surface area (Å²) >= 11 is 1.05. The van der Waals surface area contributed by atoms with Gasteiger partial charge in [-0.25, -0.2) is 9.78 Å². The molecule has 0 aliphatic heterocycles. The Kier molecular flexibility index (Phi) is 6.41. The average Bonchev–Trinajstić information content (AvgIpc) is 2.93. The first-order valence-electron chi connectivity index (χ1n) is 7.55. The number of methoxy groups -OCH3 is 1. The lowest BCUT2D eigenvalue weighted by atomic mass is 10.2. The molecule has 11 heteroatoms. The number of nitrogens with one attached hydrogen (secondary N) is 2. The maximum atomic E-state index is 12.6. The largest absolute Gasteiger partial charge is 0.459 e. The van der Waals surface area contributed by atoms with Gasteiger partial charge >= 0.3 is 5.97 Å². The minimum atomic E-state index is -0.587. The minimum absolute atomic E-state index is 0.101. The van der Waals surface area contributed by atoms with Crippen molar-refractivity contribution in [2.75, 3.05) is 20.3 Å². The summed E-state index contributed by atoms with van der Waals surface area (Å²) in [5.74, 6) is -1.59. The number of amides is 2. The molecule has 2 amide bonds. The van der Waals surface area contributed by atoms with E-state index in [-0.39, 0.29) is 30.0 Å². The zero-order valence-corrected chi connectivity index (χ0v) is 15.3. The molecule has 0 atom stereocenters. The van der Waals surface area contributed by atoms with Crippen molar-refractivity contribution >= 4 is 39.3 Å². The highest BCUT2D eigenvalue weighted by atomic mass is 32.1. The van der Waals surface area contributed by atoms with E-state index in [1.54, 1.807) is 6.92 Å². The molecule has 0 radical (unpaired) electrons. The Bertz CT molecular complexity index is 903. The summed E-state index contributed by atoms with van der Waals surface area (Å²) in [6, 6.07) is 0.